The Bertz CT molecular complexity index is 301. The summed E-state index contributed by atoms with van der Waals surface area (Å²) in [5, 5.41) is 3.37. The van der Waals surface area contributed by atoms with Crippen LogP contribution in [0.25, 0.3) is 0 Å². The Balaban J connectivity index is 2.47. The fourth-order valence-electron chi connectivity index (χ4n) is 2.85. The van der Waals surface area contributed by atoms with Gasteiger partial charge in [0.25, 0.3) is 0 Å². The molecule has 0 bridgehead atoms. The smallest absolute Gasteiger partial charge is 0.150 e. The molecule has 4 heteroatoms. The molecule has 0 heterocycles. The van der Waals surface area contributed by atoms with Crippen molar-refractivity contribution in [3.05, 3.63) is 0 Å². The molecule has 102 valence electrons. The van der Waals surface area contributed by atoms with Gasteiger partial charge in [-0.05, 0) is 38.6 Å². The molecule has 2 atom stereocenters. The predicted molar refractivity (Wildman–Crippen MR) is 73.0 cm³/mol. The van der Waals surface area contributed by atoms with E-state index in [0.717, 1.165) is 12.8 Å². The normalized spacial score (nSPS) is 26.7. The maximum atomic E-state index is 11.7. The lowest BCUT2D eigenvalue weighted by molar-refractivity contribution is 0.343. The second-order valence-electron chi connectivity index (χ2n) is 5.23. The Morgan fingerprint density at radius 3 is 2.47 bits per heavy atom. The summed E-state index contributed by atoms with van der Waals surface area (Å²) < 4.78 is 23.5. The Kier molecular flexibility index (Phi) is 6.49. The first-order valence-corrected chi connectivity index (χ1v) is 8.79. The fourth-order valence-corrected chi connectivity index (χ4v) is 4.34. The Hall–Kier alpha value is -0.0900. The molecule has 1 rings (SSSR count). The first-order chi connectivity index (χ1) is 8.09. The van der Waals surface area contributed by atoms with Crippen molar-refractivity contribution < 1.29 is 8.42 Å². The first kappa shape index (κ1) is 15.0. The molecule has 1 saturated carbocycles. The maximum absolute atomic E-state index is 11.7. The summed E-state index contributed by atoms with van der Waals surface area (Å²) in [5.74, 6) is 1.28. The van der Waals surface area contributed by atoms with Crippen LogP contribution in [0.2, 0.25) is 0 Å². The lowest BCUT2D eigenvalue weighted by atomic mass is 9.92. The molecule has 17 heavy (non-hydrogen) atoms. The Morgan fingerprint density at radius 2 is 1.82 bits per heavy atom. The molecular formula is C13H27NO2S. The van der Waals surface area contributed by atoms with Gasteiger partial charge in [0.05, 0.1) is 5.75 Å². The molecule has 1 aliphatic rings. The Labute approximate surface area is 106 Å². The van der Waals surface area contributed by atoms with E-state index < -0.39 is 9.84 Å². The average molecular weight is 261 g/mol. The van der Waals surface area contributed by atoms with Crippen molar-refractivity contribution in [1.82, 2.24) is 5.32 Å². The molecule has 1 N–H and O–H groups in total. The van der Waals surface area contributed by atoms with E-state index >= 15 is 0 Å². The van der Waals surface area contributed by atoms with Crippen LogP contribution in [0.15, 0.2) is 0 Å². The monoisotopic (exact) mass is 261 g/mol. The molecule has 0 aliphatic heterocycles. The van der Waals surface area contributed by atoms with Crippen LogP contribution in [0.1, 0.15) is 51.9 Å². The first-order valence-electron chi connectivity index (χ1n) is 6.96. The van der Waals surface area contributed by atoms with Crippen LogP contribution in [-0.2, 0) is 9.84 Å². The van der Waals surface area contributed by atoms with Gasteiger partial charge < -0.3 is 5.32 Å². The summed E-state index contributed by atoms with van der Waals surface area (Å²) in [5.41, 5.74) is 0. The van der Waals surface area contributed by atoms with Crippen LogP contribution in [-0.4, -0.2) is 33.0 Å². The summed E-state index contributed by atoms with van der Waals surface area (Å²) >= 11 is 0. The van der Waals surface area contributed by atoms with Crippen LogP contribution in [0.5, 0.6) is 0 Å². The highest BCUT2D eigenvalue weighted by Gasteiger charge is 2.23. The van der Waals surface area contributed by atoms with E-state index in [1.807, 2.05) is 14.0 Å². The third kappa shape index (κ3) is 5.38. The zero-order valence-corrected chi connectivity index (χ0v) is 12.1. The molecule has 2 unspecified atom stereocenters. The maximum Gasteiger partial charge on any atom is 0.150 e. The van der Waals surface area contributed by atoms with Gasteiger partial charge in [-0.1, -0.05) is 26.2 Å². The molecule has 1 aliphatic carbocycles. The molecule has 0 aromatic rings. The van der Waals surface area contributed by atoms with Gasteiger partial charge in [0, 0.05) is 11.8 Å². The molecule has 0 saturated heterocycles. The van der Waals surface area contributed by atoms with Crippen molar-refractivity contribution in [2.24, 2.45) is 5.92 Å². The van der Waals surface area contributed by atoms with Crippen LogP contribution in [0.4, 0.5) is 0 Å². The van der Waals surface area contributed by atoms with Gasteiger partial charge in [-0.3, -0.25) is 0 Å². The van der Waals surface area contributed by atoms with E-state index in [1.165, 1.54) is 32.1 Å². The largest absolute Gasteiger partial charge is 0.317 e. The van der Waals surface area contributed by atoms with Crippen molar-refractivity contribution in [3.63, 3.8) is 0 Å². The van der Waals surface area contributed by atoms with Gasteiger partial charge >= 0.3 is 0 Å². The van der Waals surface area contributed by atoms with E-state index in [4.69, 9.17) is 0 Å². The zero-order valence-electron chi connectivity index (χ0n) is 11.2. The third-order valence-electron chi connectivity index (χ3n) is 3.84. The summed E-state index contributed by atoms with van der Waals surface area (Å²) in [6.45, 7) is 1.93. The summed E-state index contributed by atoms with van der Waals surface area (Å²) in [6, 6.07) is 0.523. The molecule has 0 aromatic carbocycles. The van der Waals surface area contributed by atoms with Crippen LogP contribution >= 0.6 is 0 Å². The third-order valence-corrected chi connectivity index (χ3v) is 5.73. The van der Waals surface area contributed by atoms with Crippen molar-refractivity contribution in [2.45, 2.75) is 57.9 Å². The zero-order chi connectivity index (χ0) is 12.7. The van der Waals surface area contributed by atoms with Gasteiger partial charge in [0.1, 0.15) is 9.84 Å². The summed E-state index contributed by atoms with van der Waals surface area (Å²) in [4.78, 5) is 0. The molecule has 1 fully saturated rings. The van der Waals surface area contributed by atoms with E-state index in [2.05, 4.69) is 5.32 Å². The lowest BCUT2D eigenvalue weighted by Gasteiger charge is -2.24. The van der Waals surface area contributed by atoms with Crippen molar-refractivity contribution in [3.8, 4) is 0 Å². The SMILES string of the molecule is CCCS(=O)(=O)CCC1CCCCCC1NC. The fraction of sp³-hybridized carbons (Fsp3) is 1.00. The van der Waals surface area contributed by atoms with Gasteiger partial charge in [-0.25, -0.2) is 8.42 Å². The highest BCUT2D eigenvalue weighted by atomic mass is 32.2. The van der Waals surface area contributed by atoms with Gasteiger partial charge in [0.15, 0.2) is 0 Å². The quantitative estimate of drug-likeness (QED) is 0.747. The van der Waals surface area contributed by atoms with E-state index in [9.17, 15) is 8.42 Å². The standard InChI is InChI=1S/C13H27NO2S/c1-3-10-17(15,16)11-9-12-7-5-4-6-8-13(12)14-2/h12-14H,3-11H2,1-2H3. The minimum Gasteiger partial charge on any atom is -0.317 e. The minimum absolute atomic E-state index is 0.351. The van der Waals surface area contributed by atoms with Crippen LogP contribution in [0.3, 0.4) is 0 Å². The van der Waals surface area contributed by atoms with Gasteiger partial charge in [-0.2, -0.15) is 0 Å². The number of nitrogens with one attached hydrogen (secondary N) is 1. The van der Waals surface area contributed by atoms with E-state index in [-0.39, 0.29) is 0 Å². The number of sulfone groups is 1. The number of rotatable bonds is 6. The molecule has 0 aromatic heterocycles. The highest BCUT2D eigenvalue weighted by molar-refractivity contribution is 7.91. The molecule has 0 radical (unpaired) electrons. The van der Waals surface area contributed by atoms with Crippen molar-refractivity contribution in [2.75, 3.05) is 18.6 Å². The Morgan fingerprint density at radius 1 is 1.12 bits per heavy atom. The second kappa shape index (κ2) is 7.37. The summed E-state index contributed by atoms with van der Waals surface area (Å²) in [6.07, 6.45) is 7.81. The number of hydrogen-bond donors (Lipinski definition) is 1. The summed E-state index contributed by atoms with van der Waals surface area (Å²) in [7, 11) is -0.799. The molecule has 0 spiro atoms. The topological polar surface area (TPSA) is 46.2 Å². The van der Waals surface area contributed by atoms with Crippen LogP contribution in [0, 0.1) is 5.92 Å². The average Bonchev–Trinajstić information content (AvgIpc) is 2.51. The van der Waals surface area contributed by atoms with Gasteiger partial charge in [0.2, 0.25) is 0 Å². The molecular weight excluding hydrogens is 234 g/mol. The van der Waals surface area contributed by atoms with Crippen molar-refractivity contribution in [1.29, 1.82) is 0 Å². The highest BCUT2D eigenvalue weighted by Crippen LogP contribution is 2.26. The molecule has 3 nitrogen and oxygen atoms in total. The predicted octanol–water partition coefficient (Wildman–Crippen LogP) is 2.37. The van der Waals surface area contributed by atoms with Gasteiger partial charge in [-0.15, -0.1) is 0 Å². The molecule has 0 amide bonds. The minimum atomic E-state index is -2.80. The lowest BCUT2D eigenvalue weighted by Crippen LogP contribution is -2.34. The second-order valence-corrected chi connectivity index (χ2v) is 7.54. The number of hydrogen-bond acceptors (Lipinski definition) is 3. The van der Waals surface area contributed by atoms with E-state index in [0.29, 0.717) is 23.5 Å². The van der Waals surface area contributed by atoms with E-state index in [1.54, 1.807) is 0 Å². The van der Waals surface area contributed by atoms with Crippen molar-refractivity contribution >= 4 is 9.84 Å². The van der Waals surface area contributed by atoms with Crippen LogP contribution < -0.4 is 5.32 Å².